The third-order valence-electron chi connectivity index (χ3n) is 2.26. The molecule has 0 bridgehead atoms. The molecular weight excluding hydrogens is 176 g/mol. The van der Waals surface area contributed by atoms with Gasteiger partial charge in [0, 0.05) is 26.2 Å². The van der Waals surface area contributed by atoms with Gasteiger partial charge < -0.3 is 5.73 Å². The standard InChI is InChI=1S/C10H26N4/c1-3-5-8-13(9-6-4-2)14(12)10-7-11/h3-12H2,1-2H3. The van der Waals surface area contributed by atoms with Gasteiger partial charge in [0.1, 0.15) is 0 Å². The average molecular weight is 202 g/mol. The predicted octanol–water partition coefficient (Wildman–Crippen LogP) is 0.938. The maximum atomic E-state index is 5.89. The molecule has 0 aliphatic rings. The highest BCUT2D eigenvalue weighted by Gasteiger charge is 2.09. The van der Waals surface area contributed by atoms with Crippen LogP contribution in [0.4, 0.5) is 0 Å². The minimum atomic E-state index is 0.616. The van der Waals surface area contributed by atoms with E-state index < -0.39 is 0 Å². The van der Waals surface area contributed by atoms with E-state index in [1.54, 1.807) is 5.12 Å². The van der Waals surface area contributed by atoms with E-state index in [2.05, 4.69) is 18.9 Å². The van der Waals surface area contributed by atoms with Crippen molar-refractivity contribution in [1.29, 1.82) is 0 Å². The Labute approximate surface area is 88.2 Å². The van der Waals surface area contributed by atoms with Crippen molar-refractivity contribution in [3.63, 3.8) is 0 Å². The highest BCUT2D eigenvalue weighted by atomic mass is 15.7. The number of unbranched alkanes of at least 4 members (excludes halogenated alkanes) is 2. The van der Waals surface area contributed by atoms with E-state index in [1.807, 2.05) is 0 Å². The van der Waals surface area contributed by atoms with Crippen LogP contribution in [0.1, 0.15) is 39.5 Å². The van der Waals surface area contributed by atoms with Crippen LogP contribution >= 0.6 is 0 Å². The normalized spacial score (nSPS) is 11.6. The average Bonchev–Trinajstić information content (AvgIpc) is 2.18. The number of hydrogen-bond donors (Lipinski definition) is 2. The Morgan fingerprint density at radius 3 is 1.79 bits per heavy atom. The number of rotatable bonds is 9. The number of nitrogens with zero attached hydrogens (tertiary/aromatic N) is 2. The minimum absolute atomic E-state index is 0.616. The SMILES string of the molecule is CCCCN(CCCC)N(N)CCN. The summed E-state index contributed by atoms with van der Waals surface area (Å²) >= 11 is 0. The molecule has 0 amide bonds. The molecule has 0 heterocycles. The van der Waals surface area contributed by atoms with Gasteiger partial charge in [-0.1, -0.05) is 26.7 Å². The lowest BCUT2D eigenvalue weighted by Gasteiger charge is -2.30. The molecule has 0 aliphatic carbocycles. The first kappa shape index (κ1) is 13.8. The Morgan fingerprint density at radius 1 is 0.929 bits per heavy atom. The summed E-state index contributed by atoms with van der Waals surface area (Å²) in [5, 5.41) is 3.98. The highest BCUT2D eigenvalue weighted by molar-refractivity contribution is 4.54. The Kier molecular flexibility index (Phi) is 9.29. The lowest BCUT2D eigenvalue weighted by molar-refractivity contribution is -0.0263. The summed E-state index contributed by atoms with van der Waals surface area (Å²) in [6, 6.07) is 0. The second-order valence-corrected chi connectivity index (χ2v) is 3.61. The summed E-state index contributed by atoms with van der Waals surface area (Å²) in [4.78, 5) is 0. The third-order valence-corrected chi connectivity index (χ3v) is 2.26. The van der Waals surface area contributed by atoms with Gasteiger partial charge in [-0.25, -0.2) is 5.01 Å². The summed E-state index contributed by atoms with van der Waals surface area (Å²) in [6.07, 6.45) is 4.81. The van der Waals surface area contributed by atoms with Crippen LogP contribution in [0.2, 0.25) is 0 Å². The largest absolute Gasteiger partial charge is 0.329 e. The summed E-state index contributed by atoms with van der Waals surface area (Å²) in [6.45, 7) is 7.85. The van der Waals surface area contributed by atoms with Crippen LogP contribution in [-0.4, -0.2) is 36.3 Å². The summed E-state index contributed by atoms with van der Waals surface area (Å²) < 4.78 is 0. The van der Waals surface area contributed by atoms with E-state index in [-0.39, 0.29) is 0 Å². The van der Waals surface area contributed by atoms with Crippen molar-refractivity contribution >= 4 is 0 Å². The van der Waals surface area contributed by atoms with Crippen LogP contribution in [0.3, 0.4) is 0 Å². The van der Waals surface area contributed by atoms with Gasteiger partial charge in [-0.3, -0.25) is 5.84 Å². The Hall–Kier alpha value is -0.160. The van der Waals surface area contributed by atoms with Crippen molar-refractivity contribution < 1.29 is 0 Å². The van der Waals surface area contributed by atoms with Gasteiger partial charge in [-0.2, -0.15) is 5.12 Å². The third kappa shape index (κ3) is 6.32. The van der Waals surface area contributed by atoms with Gasteiger partial charge in [0.15, 0.2) is 0 Å². The molecule has 0 unspecified atom stereocenters. The molecule has 4 nitrogen and oxygen atoms in total. The topological polar surface area (TPSA) is 58.5 Å². The quantitative estimate of drug-likeness (QED) is 0.431. The van der Waals surface area contributed by atoms with Crippen molar-refractivity contribution in [3.05, 3.63) is 0 Å². The lowest BCUT2D eigenvalue weighted by Crippen LogP contribution is -2.50. The zero-order valence-electron chi connectivity index (χ0n) is 9.71. The first-order valence-electron chi connectivity index (χ1n) is 5.73. The van der Waals surface area contributed by atoms with Gasteiger partial charge in [0.2, 0.25) is 0 Å². The molecule has 0 radical (unpaired) electrons. The highest BCUT2D eigenvalue weighted by Crippen LogP contribution is 2.00. The number of hydrazine groups is 2. The summed E-state index contributed by atoms with van der Waals surface area (Å²) in [5.74, 6) is 5.89. The van der Waals surface area contributed by atoms with Crippen molar-refractivity contribution in [3.8, 4) is 0 Å². The first-order valence-corrected chi connectivity index (χ1v) is 5.73. The van der Waals surface area contributed by atoms with Crippen LogP contribution in [0, 0.1) is 0 Å². The minimum Gasteiger partial charge on any atom is -0.329 e. The van der Waals surface area contributed by atoms with E-state index in [1.165, 1.54) is 25.7 Å². The van der Waals surface area contributed by atoms with Gasteiger partial charge >= 0.3 is 0 Å². The van der Waals surface area contributed by atoms with Crippen LogP contribution in [0.25, 0.3) is 0 Å². The zero-order valence-corrected chi connectivity index (χ0v) is 9.71. The van der Waals surface area contributed by atoms with E-state index in [0.29, 0.717) is 6.54 Å². The van der Waals surface area contributed by atoms with Crippen molar-refractivity contribution in [2.24, 2.45) is 11.6 Å². The van der Waals surface area contributed by atoms with Gasteiger partial charge in [0.05, 0.1) is 0 Å². The molecule has 0 aromatic rings. The maximum absolute atomic E-state index is 5.89. The smallest absolute Gasteiger partial charge is 0.0411 e. The molecule has 0 atom stereocenters. The Bertz CT molecular complexity index is 111. The number of nitrogens with two attached hydrogens (primary N) is 2. The second-order valence-electron chi connectivity index (χ2n) is 3.61. The number of hydrogen-bond acceptors (Lipinski definition) is 4. The van der Waals surface area contributed by atoms with Crippen molar-refractivity contribution in [2.45, 2.75) is 39.5 Å². The molecule has 0 saturated carbocycles. The van der Waals surface area contributed by atoms with E-state index in [0.717, 1.165) is 19.6 Å². The molecule has 0 rings (SSSR count). The lowest BCUT2D eigenvalue weighted by atomic mass is 10.3. The molecule has 14 heavy (non-hydrogen) atoms. The van der Waals surface area contributed by atoms with E-state index in [9.17, 15) is 0 Å². The Balaban J connectivity index is 3.81. The zero-order chi connectivity index (χ0) is 10.8. The first-order chi connectivity index (χ1) is 6.76. The van der Waals surface area contributed by atoms with Crippen LogP contribution < -0.4 is 11.6 Å². The van der Waals surface area contributed by atoms with Crippen molar-refractivity contribution in [2.75, 3.05) is 26.2 Å². The van der Waals surface area contributed by atoms with Gasteiger partial charge in [0.25, 0.3) is 0 Å². The van der Waals surface area contributed by atoms with Crippen LogP contribution in [0.15, 0.2) is 0 Å². The van der Waals surface area contributed by atoms with Crippen LogP contribution in [0.5, 0.6) is 0 Å². The molecule has 0 saturated heterocycles. The molecule has 0 aromatic carbocycles. The van der Waals surface area contributed by atoms with Crippen molar-refractivity contribution in [1.82, 2.24) is 10.1 Å². The molecule has 86 valence electrons. The molecule has 0 spiro atoms. The molecule has 0 aromatic heterocycles. The molecule has 4 N–H and O–H groups in total. The van der Waals surface area contributed by atoms with Crippen LogP contribution in [-0.2, 0) is 0 Å². The molecular formula is C10H26N4. The summed E-state index contributed by atoms with van der Waals surface area (Å²) in [7, 11) is 0. The molecule has 4 heteroatoms. The predicted molar refractivity (Wildman–Crippen MR) is 61.3 cm³/mol. The fourth-order valence-electron chi connectivity index (χ4n) is 1.32. The monoisotopic (exact) mass is 202 g/mol. The molecule has 0 aliphatic heterocycles. The fraction of sp³-hybridized carbons (Fsp3) is 1.00. The maximum Gasteiger partial charge on any atom is 0.0411 e. The van der Waals surface area contributed by atoms with Gasteiger partial charge in [-0.15, -0.1) is 0 Å². The second kappa shape index (κ2) is 9.40. The van der Waals surface area contributed by atoms with E-state index in [4.69, 9.17) is 11.6 Å². The van der Waals surface area contributed by atoms with Gasteiger partial charge in [-0.05, 0) is 12.8 Å². The molecule has 0 fully saturated rings. The summed E-state index contributed by atoms with van der Waals surface area (Å²) in [5.41, 5.74) is 5.48. The van der Waals surface area contributed by atoms with E-state index >= 15 is 0 Å². The fourth-order valence-corrected chi connectivity index (χ4v) is 1.32. The Morgan fingerprint density at radius 2 is 1.43 bits per heavy atom.